The van der Waals surface area contributed by atoms with Crippen molar-refractivity contribution < 1.29 is 29.1 Å². The van der Waals surface area contributed by atoms with Crippen LogP contribution in [0.5, 0.6) is 0 Å². The van der Waals surface area contributed by atoms with E-state index in [4.69, 9.17) is 19.1 Å². The van der Waals surface area contributed by atoms with Gasteiger partial charge in [-0.25, -0.2) is 14.5 Å². The molecule has 2 aromatic carbocycles. The van der Waals surface area contributed by atoms with Gasteiger partial charge in [0, 0.05) is 11.8 Å². The highest BCUT2D eigenvalue weighted by Gasteiger charge is 2.48. The van der Waals surface area contributed by atoms with Gasteiger partial charge in [0.25, 0.3) is 5.56 Å². The molecule has 0 bridgehead atoms. The van der Waals surface area contributed by atoms with Crippen LogP contribution in [0.4, 0.5) is 0 Å². The Labute approximate surface area is 200 Å². The second kappa shape index (κ2) is 11.2. The summed E-state index contributed by atoms with van der Waals surface area (Å²) in [4.78, 5) is 43.7. The van der Waals surface area contributed by atoms with Crippen molar-refractivity contribution in [2.75, 3.05) is 13.2 Å². The summed E-state index contributed by atoms with van der Waals surface area (Å²) in [6.45, 7) is 1.77. The zero-order chi connectivity index (χ0) is 24.8. The van der Waals surface area contributed by atoms with Crippen molar-refractivity contribution in [3.8, 4) is 0 Å². The molecule has 1 aromatic heterocycles. The van der Waals surface area contributed by atoms with E-state index < -0.39 is 41.6 Å². The van der Waals surface area contributed by atoms with E-state index in [0.717, 1.165) is 10.1 Å². The van der Waals surface area contributed by atoms with E-state index in [9.17, 15) is 19.6 Å². The second-order valence-electron chi connectivity index (χ2n) is 8.24. The minimum Gasteiger partial charge on any atom is -0.462 e. The predicted octanol–water partition coefficient (Wildman–Crippen LogP) is 2.29. The van der Waals surface area contributed by atoms with Crippen LogP contribution < -0.4 is 11.2 Å². The highest BCUT2D eigenvalue weighted by molar-refractivity contribution is 5.89. The zero-order valence-electron chi connectivity index (χ0n) is 19.0. The summed E-state index contributed by atoms with van der Waals surface area (Å²) < 4.78 is 18.5. The third kappa shape index (κ3) is 5.75. The number of benzene rings is 2. The van der Waals surface area contributed by atoms with Crippen molar-refractivity contribution >= 4 is 5.97 Å². The van der Waals surface area contributed by atoms with Crippen LogP contribution in [0.3, 0.4) is 0 Å². The number of nitrogens with one attached hydrogen (secondary N) is 1. The fourth-order valence-corrected chi connectivity index (χ4v) is 3.97. The molecule has 10 heteroatoms. The summed E-state index contributed by atoms with van der Waals surface area (Å²) >= 11 is 0. The number of carbonyl (C=O) groups excluding carboxylic acids is 1. The highest BCUT2D eigenvalue weighted by atomic mass is 17.1. The molecule has 1 saturated heterocycles. The van der Waals surface area contributed by atoms with E-state index >= 15 is 0 Å². The van der Waals surface area contributed by atoms with Gasteiger partial charge in [-0.05, 0) is 24.6 Å². The lowest BCUT2D eigenvalue weighted by Gasteiger charge is -2.22. The van der Waals surface area contributed by atoms with Crippen molar-refractivity contribution in [1.82, 2.24) is 9.55 Å². The molecule has 4 atom stereocenters. The molecule has 2 N–H and O–H groups in total. The summed E-state index contributed by atoms with van der Waals surface area (Å²) in [5.74, 6) is -1.22. The first-order valence-corrected chi connectivity index (χ1v) is 11.1. The molecule has 1 aliphatic rings. The monoisotopic (exact) mass is 482 g/mol. The molecular weight excluding hydrogens is 456 g/mol. The minimum absolute atomic E-state index is 0.0793. The summed E-state index contributed by atoms with van der Waals surface area (Å²) in [7, 11) is 0. The number of hydrogen-bond acceptors (Lipinski definition) is 8. The van der Waals surface area contributed by atoms with Crippen molar-refractivity contribution in [3.63, 3.8) is 0 Å². The maximum atomic E-state index is 12.5. The first kappa shape index (κ1) is 24.6. The van der Waals surface area contributed by atoms with E-state index in [2.05, 4.69) is 4.98 Å². The lowest BCUT2D eigenvalue weighted by atomic mass is 9.99. The Kier molecular flexibility index (Phi) is 7.88. The van der Waals surface area contributed by atoms with Crippen molar-refractivity contribution in [3.05, 3.63) is 104 Å². The molecule has 1 fully saturated rings. The molecule has 0 amide bonds. The maximum Gasteiger partial charge on any atom is 0.338 e. The second-order valence-corrected chi connectivity index (χ2v) is 8.24. The van der Waals surface area contributed by atoms with Gasteiger partial charge in [-0.15, -0.1) is 0 Å². The number of H-pyrrole nitrogens is 1. The molecule has 0 spiro atoms. The fourth-order valence-electron chi connectivity index (χ4n) is 3.97. The molecule has 0 unspecified atom stereocenters. The number of carbonyl (C=O) groups is 1. The molecule has 184 valence electrons. The average Bonchev–Trinajstić information content (AvgIpc) is 3.23. The standard InChI is InChI=1S/C25H26N2O8/c1-16-12-27(25(30)26-22(16)28)23-21(35-31)19(14-33-24(29)18-10-6-3-7-11-18)20(34-23)15-32-13-17-8-4-2-5-9-17/h2-12,19-21,23,31H,13-15H2,1H3,(H,26,28,30)/t19-,20-,21-,23-/m1/s1. The molecule has 3 aromatic rings. The van der Waals surface area contributed by atoms with E-state index in [0.29, 0.717) is 12.2 Å². The van der Waals surface area contributed by atoms with Gasteiger partial charge in [0.1, 0.15) is 6.10 Å². The summed E-state index contributed by atoms with van der Waals surface area (Å²) in [6.07, 6.45) is -1.53. The van der Waals surface area contributed by atoms with Crippen LogP contribution in [0.15, 0.2) is 76.4 Å². The molecular formula is C25H26N2O8. The minimum atomic E-state index is -1.09. The Balaban J connectivity index is 1.54. The first-order chi connectivity index (χ1) is 17.0. The number of hydrogen-bond donors (Lipinski definition) is 2. The molecule has 4 rings (SSSR count). The Morgan fingerprint density at radius 1 is 1.06 bits per heavy atom. The maximum absolute atomic E-state index is 12.5. The van der Waals surface area contributed by atoms with Gasteiger partial charge < -0.3 is 14.2 Å². The van der Waals surface area contributed by atoms with E-state index in [1.807, 2.05) is 30.3 Å². The van der Waals surface area contributed by atoms with Gasteiger partial charge >= 0.3 is 11.7 Å². The van der Waals surface area contributed by atoms with E-state index in [1.54, 1.807) is 30.3 Å². The number of aromatic nitrogens is 2. The van der Waals surface area contributed by atoms with Crippen LogP contribution in [-0.2, 0) is 25.7 Å². The molecule has 1 aliphatic heterocycles. The van der Waals surface area contributed by atoms with Gasteiger partial charge in [0.15, 0.2) is 6.23 Å². The fraction of sp³-hybridized carbons (Fsp3) is 0.320. The van der Waals surface area contributed by atoms with Crippen molar-refractivity contribution in [2.45, 2.75) is 32.0 Å². The quantitative estimate of drug-likeness (QED) is 0.270. The average molecular weight is 482 g/mol. The molecule has 2 heterocycles. The highest BCUT2D eigenvalue weighted by Crippen LogP contribution is 2.36. The number of aryl methyl sites for hydroxylation is 1. The Bertz CT molecular complexity index is 1240. The lowest BCUT2D eigenvalue weighted by molar-refractivity contribution is -0.302. The molecule has 10 nitrogen and oxygen atoms in total. The Morgan fingerprint density at radius 3 is 2.43 bits per heavy atom. The van der Waals surface area contributed by atoms with E-state index in [-0.39, 0.29) is 18.8 Å². The van der Waals surface area contributed by atoms with Gasteiger partial charge in [0.05, 0.1) is 37.4 Å². The predicted molar refractivity (Wildman–Crippen MR) is 124 cm³/mol. The van der Waals surface area contributed by atoms with Gasteiger partial charge in [-0.1, -0.05) is 48.5 Å². The van der Waals surface area contributed by atoms with Crippen LogP contribution in [0.1, 0.15) is 27.7 Å². The summed E-state index contributed by atoms with van der Waals surface area (Å²) in [5.41, 5.74) is 0.353. The van der Waals surface area contributed by atoms with Crippen LogP contribution in [0.25, 0.3) is 0 Å². The largest absolute Gasteiger partial charge is 0.462 e. The SMILES string of the molecule is Cc1cn([C@@H]2O[C@H](COCc3ccccc3)[C@@H](COC(=O)c3ccccc3)[C@H]2OO)c(=O)[nH]c1=O. The van der Waals surface area contributed by atoms with Gasteiger partial charge in [-0.3, -0.25) is 19.6 Å². The van der Waals surface area contributed by atoms with Crippen molar-refractivity contribution in [1.29, 1.82) is 0 Å². The summed E-state index contributed by atoms with van der Waals surface area (Å²) in [5, 5.41) is 9.74. The number of ether oxygens (including phenoxy) is 3. The Hall–Kier alpha value is -3.57. The third-order valence-corrected chi connectivity index (χ3v) is 5.85. The van der Waals surface area contributed by atoms with Crippen LogP contribution in [0, 0.1) is 12.8 Å². The number of esters is 1. The molecule has 0 aliphatic carbocycles. The van der Waals surface area contributed by atoms with Crippen molar-refractivity contribution in [2.24, 2.45) is 5.92 Å². The smallest absolute Gasteiger partial charge is 0.338 e. The zero-order valence-corrected chi connectivity index (χ0v) is 19.0. The third-order valence-electron chi connectivity index (χ3n) is 5.85. The van der Waals surface area contributed by atoms with Crippen LogP contribution in [-0.4, -0.2) is 46.2 Å². The molecule has 0 saturated carbocycles. The van der Waals surface area contributed by atoms with Gasteiger partial charge in [-0.2, -0.15) is 0 Å². The van der Waals surface area contributed by atoms with Crippen LogP contribution in [0.2, 0.25) is 0 Å². The normalized spacial score (nSPS) is 21.7. The molecule has 0 radical (unpaired) electrons. The number of aromatic amines is 1. The van der Waals surface area contributed by atoms with Gasteiger partial charge in [0.2, 0.25) is 0 Å². The lowest BCUT2D eigenvalue weighted by Crippen LogP contribution is -2.39. The number of rotatable bonds is 9. The topological polar surface area (TPSA) is 129 Å². The summed E-state index contributed by atoms with van der Waals surface area (Å²) in [6, 6.07) is 18.0. The first-order valence-electron chi connectivity index (χ1n) is 11.1. The number of nitrogens with zero attached hydrogens (tertiary/aromatic N) is 1. The Morgan fingerprint density at radius 2 is 1.74 bits per heavy atom. The molecule has 35 heavy (non-hydrogen) atoms. The van der Waals surface area contributed by atoms with Crippen LogP contribution >= 0.6 is 0 Å². The van der Waals surface area contributed by atoms with E-state index in [1.165, 1.54) is 13.1 Å².